The van der Waals surface area contributed by atoms with E-state index in [1.54, 1.807) is 12.0 Å². The number of anilines is 1. The van der Waals surface area contributed by atoms with Gasteiger partial charge < -0.3 is 19.7 Å². The molecule has 0 spiro atoms. The van der Waals surface area contributed by atoms with Crippen LogP contribution in [0.15, 0.2) is 48.5 Å². The van der Waals surface area contributed by atoms with Crippen LogP contribution in [-0.2, 0) is 16.1 Å². The molecule has 6 nitrogen and oxygen atoms in total. The Hall–Kier alpha value is -3.02. The van der Waals surface area contributed by atoms with Crippen molar-refractivity contribution in [2.24, 2.45) is 5.92 Å². The van der Waals surface area contributed by atoms with E-state index in [-0.39, 0.29) is 30.3 Å². The van der Waals surface area contributed by atoms with Crippen molar-refractivity contribution in [2.75, 3.05) is 18.6 Å². The number of nitrogens with zero attached hydrogens (tertiary/aromatic N) is 1. The van der Waals surface area contributed by atoms with Crippen LogP contribution in [0.1, 0.15) is 25.8 Å². The van der Waals surface area contributed by atoms with Crippen molar-refractivity contribution in [1.29, 1.82) is 0 Å². The maximum absolute atomic E-state index is 12.5. The maximum Gasteiger partial charge on any atom is 0.227 e. The van der Waals surface area contributed by atoms with E-state index >= 15 is 0 Å². The van der Waals surface area contributed by atoms with Gasteiger partial charge in [0.25, 0.3) is 0 Å². The van der Waals surface area contributed by atoms with Gasteiger partial charge in [-0.15, -0.1) is 0 Å². The number of carbonyl (C=O) groups excluding carboxylic acids is 2. The summed E-state index contributed by atoms with van der Waals surface area (Å²) < 4.78 is 10.8. The van der Waals surface area contributed by atoms with Crippen molar-refractivity contribution < 1.29 is 19.1 Å². The van der Waals surface area contributed by atoms with Gasteiger partial charge in [0.2, 0.25) is 11.8 Å². The average molecular weight is 382 g/mol. The number of amides is 2. The van der Waals surface area contributed by atoms with Gasteiger partial charge in [0.1, 0.15) is 11.5 Å². The van der Waals surface area contributed by atoms with Crippen LogP contribution in [0.2, 0.25) is 0 Å². The average Bonchev–Trinajstić information content (AvgIpc) is 3.08. The summed E-state index contributed by atoms with van der Waals surface area (Å²) in [5, 5.41) is 2.92. The number of benzene rings is 2. The van der Waals surface area contributed by atoms with Crippen molar-refractivity contribution in [2.45, 2.75) is 32.9 Å². The molecule has 148 valence electrons. The van der Waals surface area contributed by atoms with Crippen molar-refractivity contribution >= 4 is 17.5 Å². The zero-order valence-corrected chi connectivity index (χ0v) is 16.5. The molecule has 0 aliphatic carbocycles. The highest BCUT2D eigenvalue weighted by atomic mass is 16.5. The summed E-state index contributed by atoms with van der Waals surface area (Å²) in [6.45, 7) is 4.72. The minimum absolute atomic E-state index is 0.0425. The first-order valence-corrected chi connectivity index (χ1v) is 9.44. The highest BCUT2D eigenvalue weighted by Gasteiger charge is 2.35. The van der Waals surface area contributed by atoms with E-state index in [9.17, 15) is 9.59 Å². The SMILES string of the molecule is COc1cccc(CNC(=O)[C@H]2CC(=O)N(c3ccc(OC(C)C)cc3)C2)c1. The van der Waals surface area contributed by atoms with Crippen LogP contribution >= 0.6 is 0 Å². The molecule has 28 heavy (non-hydrogen) atoms. The fourth-order valence-electron chi connectivity index (χ4n) is 3.23. The van der Waals surface area contributed by atoms with Crippen LogP contribution in [0.5, 0.6) is 11.5 Å². The van der Waals surface area contributed by atoms with Crippen LogP contribution in [0.3, 0.4) is 0 Å². The molecule has 0 radical (unpaired) electrons. The molecule has 1 fully saturated rings. The van der Waals surface area contributed by atoms with Gasteiger partial charge in [0, 0.05) is 25.2 Å². The van der Waals surface area contributed by atoms with E-state index < -0.39 is 0 Å². The molecule has 1 aliphatic heterocycles. The van der Waals surface area contributed by atoms with Gasteiger partial charge in [0.15, 0.2) is 0 Å². The maximum atomic E-state index is 12.5. The van der Waals surface area contributed by atoms with Crippen LogP contribution < -0.4 is 19.7 Å². The molecule has 6 heteroatoms. The summed E-state index contributed by atoms with van der Waals surface area (Å²) in [6, 6.07) is 14.9. The van der Waals surface area contributed by atoms with Gasteiger partial charge in [-0.05, 0) is 55.8 Å². The van der Waals surface area contributed by atoms with E-state index in [4.69, 9.17) is 9.47 Å². The standard InChI is InChI=1S/C22H26N2O4/c1-15(2)28-19-9-7-18(8-10-19)24-14-17(12-21(24)25)22(26)23-13-16-5-4-6-20(11-16)27-3/h4-11,15,17H,12-14H2,1-3H3,(H,23,26)/t17-/m0/s1. The fourth-order valence-corrected chi connectivity index (χ4v) is 3.23. The summed E-state index contributed by atoms with van der Waals surface area (Å²) >= 11 is 0. The first kappa shape index (κ1) is 19.7. The molecule has 1 N–H and O–H groups in total. The summed E-state index contributed by atoms with van der Waals surface area (Å²) in [7, 11) is 1.61. The number of nitrogens with one attached hydrogen (secondary N) is 1. The third-order valence-corrected chi connectivity index (χ3v) is 4.62. The molecule has 2 amide bonds. The van der Waals surface area contributed by atoms with Crippen LogP contribution in [-0.4, -0.2) is 31.6 Å². The first-order chi connectivity index (χ1) is 13.5. The predicted molar refractivity (Wildman–Crippen MR) is 108 cm³/mol. The zero-order chi connectivity index (χ0) is 20.1. The minimum atomic E-state index is -0.357. The number of hydrogen-bond donors (Lipinski definition) is 1. The topological polar surface area (TPSA) is 67.9 Å². The smallest absolute Gasteiger partial charge is 0.227 e. The Balaban J connectivity index is 1.58. The molecule has 3 rings (SSSR count). The number of ether oxygens (including phenoxy) is 2. The monoisotopic (exact) mass is 382 g/mol. The van der Waals surface area contributed by atoms with E-state index in [0.717, 1.165) is 22.7 Å². The van der Waals surface area contributed by atoms with Gasteiger partial charge >= 0.3 is 0 Å². The molecule has 1 saturated heterocycles. The van der Waals surface area contributed by atoms with E-state index in [0.29, 0.717) is 13.1 Å². The summed E-state index contributed by atoms with van der Waals surface area (Å²) in [4.78, 5) is 26.6. The molecular weight excluding hydrogens is 356 g/mol. The van der Waals surface area contributed by atoms with Crippen LogP contribution in [0.25, 0.3) is 0 Å². The fraction of sp³-hybridized carbons (Fsp3) is 0.364. The Labute approximate surface area is 165 Å². The van der Waals surface area contributed by atoms with E-state index in [1.807, 2.05) is 62.4 Å². The molecule has 0 saturated carbocycles. The lowest BCUT2D eigenvalue weighted by atomic mass is 10.1. The second-order valence-electron chi connectivity index (χ2n) is 7.14. The Kier molecular flexibility index (Phi) is 6.19. The molecule has 2 aromatic carbocycles. The van der Waals surface area contributed by atoms with Crippen molar-refractivity contribution in [3.8, 4) is 11.5 Å². The number of hydrogen-bond acceptors (Lipinski definition) is 4. The Morgan fingerprint density at radius 3 is 2.61 bits per heavy atom. The lowest BCUT2D eigenvalue weighted by Gasteiger charge is -2.18. The minimum Gasteiger partial charge on any atom is -0.497 e. The second-order valence-corrected chi connectivity index (χ2v) is 7.14. The van der Waals surface area contributed by atoms with E-state index in [1.165, 1.54) is 0 Å². The van der Waals surface area contributed by atoms with Crippen molar-refractivity contribution in [1.82, 2.24) is 5.32 Å². The number of methoxy groups -OCH3 is 1. The molecule has 1 atom stereocenters. The number of carbonyl (C=O) groups is 2. The quantitative estimate of drug-likeness (QED) is 0.799. The first-order valence-electron chi connectivity index (χ1n) is 9.44. The van der Waals surface area contributed by atoms with Crippen molar-refractivity contribution in [3.05, 3.63) is 54.1 Å². The highest BCUT2D eigenvalue weighted by molar-refractivity contribution is 6.00. The normalized spacial score (nSPS) is 16.4. The summed E-state index contributed by atoms with van der Waals surface area (Å²) in [5.41, 5.74) is 1.74. The highest BCUT2D eigenvalue weighted by Crippen LogP contribution is 2.27. The lowest BCUT2D eigenvalue weighted by Crippen LogP contribution is -2.32. The van der Waals surface area contributed by atoms with Gasteiger partial charge in [-0.2, -0.15) is 0 Å². The number of rotatable bonds is 7. The van der Waals surface area contributed by atoms with E-state index in [2.05, 4.69) is 5.32 Å². The molecular formula is C22H26N2O4. The third-order valence-electron chi connectivity index (χ3n) is 4.62. The van der Waals surface area contributed by atoms with Gasteiger partial charge in [-0.25, -0.2) is 0 Å². The molecule has 1 aliphatic rings. The van der Waals surface area contributed by atoms with Crippen molar-refractivity contribution in [3.63, 3.8) is 0 Å². The second kappa shape index (κ2) is 8.78. The molecule has 1 heterocycles. The Morgan fingerprint density at radius 2 is 1.93 bits per heavy atom. The Bertz CT molecular complexity index is 833. The molecule has 0 aromatic heterocycles. The van der Waals surface area contributed by atoms with Gasteiger partial charge in [0.05, 0.1) is 19.1 Å². The van der Waals surface area contributed by atoms with Gasteiger partial charge in [-0.1, -0.05) is 12.1 Å². The third kappa shape index (κ3) is 4.82. The molecule has 0 unspecified atom stereocenters. The Morgan fingerprint density at radius 1 is 1.18 bits per heavy atom. The van der Waals surface area contributed by atoms with Gasteiger partial charge in [-0.3, -0.25) is 9.59 Å². The van der Waals surface area contributed by atoms with Crippen LogP contribution in [0.4, 0.5) is 5.69 Å². The largest absolute Gasteiger partial charge is 0.497 e. The molecule has 0 bridgehead atoms. The zero-order valence-electron chi connectivity index (χ0n) is 16.5. The predicted octanol–water partition coefficient (Wildman–Crippen LogP) is 3.15. The lowest BCUT2D eigenvalue weighted by molar-refractivity contribution is -0.126. The van der Waals surface area contributed by atoms with Crippen LogP contribution in [0, 0.1) is 5.92 Å². The summed E-state index contributed by atoms with van der Waals surface area (Å²) in [5.74, 6) is 0.999. The summed E-state index contributed by atoms with van der Waals surface area (Å²) in [6.07, 6.45) is 0.311. The molecule has 2 aromatic rings.